The minimum absolute atomic E-state index is 0.0830. The molecule has 3 aliphatic heterocycles. The van der Waals surface area contributed by atoms with Gasteiger partial charge in [0, 0.05) is 49.7 Å². The van der Waals surface area contributed by atoms with Crippen molar-refractivity contribution in [2.75, 3.05) is 42.5 Å². The van der Waals surface area contributed by atoms with Gasteiger partial charge in [0.25, 0.3) is 0 Å². The molecule has 0 spiro atoms. The van der Waals surface area contributed by atoms with Crippen molar-refractivity contribution in [1.29, 1.82) is 0 Å². The molecule has 2 aromatic heterocycles. The largest absolute Gasteiger partial charge is 0.442 e. The van der Waals surface area contributed by atoms with E-state index in [1.165, 1.54) is 23.1 Å². The van der Waals surface area contributed by atoms with Crippen LogP contribution in [0.4, 0.5) is 33.7 Å². The van der Waals surface area contributed by atoms with Crippen molar-refractivity contribution in [1.82, 2.24) is 29.8 Å². The molecular formula is C39H36F4N8O2. The first-order valence-electron chi connectivity index (χ1n) is 17.4. The number of anilines is 2. The lowest BCUT2D eigenvalue weighted by atomic mass is 10.1. The van der Waals surface area contributed by atoms with Crippen LogP contribution in [-0.4, -0.2) is 69.4 Å². The Balaban J connectivity index is 0.916. The van der Waals surface area contributed by atoms with Crippen LogP contribution in [0.25, 0.3) is 16.9 Å². The molecule has 2 saturated heterocycles. The second kappa shape index (κ2) is 14.3. The maximum atomic E-state index is 15.6. The van der Waals surface area contributed by atoms with Crippen LogP contribution in [0.1, 0.15) is 23.0 Å². The van der Waals surface area contributed by atoms with Crippen LogP contribution in [0.5, 0.6) is 0 Å². The summed E-state index contributed by atoms with van der Waals surface area (Å²) in [6.07, 6.45) is 8.40. The molecule has 0 aliphatic carbocycles. The van der Waals surface area contributed by atoms with Gasteiger partial charge in [-0.1, -0.05) is 17.4 Å². The molecular weight excluding hydrogens is 688 g/mol. The number of hydrogen-bond acceptors (Lipinski definition) is 7. The zero-order chi connectivity index (χ0) is 36.6. The van der Waals surface area contributed by atoms with E-state index in [4.69, 9.17) is 4.74 Å². The molecule has 1 unspecified atom stereocenters. The van der Waals surface area contributed by atoms with Crippen molar-refractivity contribution in [3.8, 4) is 16.9 Å². The van der Waals surface area contributed by atoms with Gasteiger partial charge >= 0.3 is 6.09 Å². The van der Waals surface area contributed by atoms with Gasteiger partial charge in [-0.25, -0.2) is 27.0 Å². The lowest BCUT2D eigenvalue weighted by Crippen LogP contribution is -2.46. The quantitative estimate of drug-likeness (QED) is 0.170. The molecule has 1 amide bonds. The molecule has 3 aliphatic rings. The highest BCUT2D eigenvalue weighted by Crippen LogP contribution is 2.34. The fourth-order valence-corrected chi connectivity index (χ4v) is 7.15. The van der Waals surface area contributed by atoms with Crippen molar-refractivity contribution in [2.24, 2.45) is 0 Å². The van der Waals surface area contributed by atoms with Gasteiger partial charge in [0.2, 0.25) is 0 Å². The second-order valence-electron chi connectivity index (χ2n) is 13.3. The summed E-state index contributed by atoms with van der Waals surface area (Å²) >= 11 is 0. The lowest BCUT2D eigenvalue weighted by molar-refractivity contribution is 0.129. The Morgan fingerprint density at radius 1 is 0.868 bits per heavy atom. The average Bonchev–Trinajstić information content (AvgIpc) is 3.87. The van der Waals surface area contributed by atoms with Crippen LogP contribution in [0.3, 0.4) is 0 Å². The summed E-state index contributed by atoms with van der Waals surface area (Å²) in [5.74, 6) is -1.96. The number of benzene rings is 3. The Kier molecular flexibility index (Phi) is 9.21. The van der Waals surface area contributed by atoms with Gasteiger partial charge in [0.1, 0.15) is 35.1 Å². The van der Waals surface area contributed by atoms with E-state index in [1.54, 1.807) is 28.9 Å². The zero-order valence-electron chi connectivity index (χ0n) is 28.8. The lowest BCUT2D eigenvalue weighted by Gasteiger charge is -2.36. The second-order valence-corrected chi connectivity index (χ2v) is 13.3. The highest BCUT2D eigenvalue weighted by molar-refractivity contribution is 5.90. The smallest absolute Gasteiger partial charge is 0.414 e. The Labute approximate surface area is 303 Å². The number of hydrogen-bond donors (Lipinski definition) is 1. The van der Waals surface area contributed by atoms with Crippen molar-refractivity contribution < 1.29 is 27.1 Å². The van der Waals surface area contributed by atoms with E-state index in [-0.39, 0.29) is 18.2 Å². The molecule has 0 saturated carbocycles. The number of aromatic nitrogens is 4. The summed E-state index contributed by atoms with van der Waals surface area (Å²) < 4.78 is 67.7. The van der Waals surface area contributed by atoms with E-state index in [2.05, 4.69) is 20.5 Å². The third-order valence-electron chi connectivity index (χ3n) is 9.92. The van der Waals surface area contributed by atoms with Crippen LogP contribution < -0.4 is 15.1 Å². The summed E-state index contributed by atoms with van der Waals surface area (Å²) in [6.45, 7) is 5.34. The fraction of sp³-hybridized carbons (Fsp3) is 0.256. The maximum absolute atomic E-state index is 15.6. The van der Waals surface area contributed by atoms with Gasteiger partial charge in [0.05, 0.1) is 42.4 Å². The number of cyclic esters (lactones) is 1. The summed E-state index contributed by atoms with van der Waals surface area (Å²) in [6, 6.07) is 15.8. The van der Waals surface area contributed by atoms with Crippen LogP contribution in [0.15, 0.2) is 97.4 Å². The zero-order valence-corrected chi connectivity index (χ0v) is 28.8. The maximum Gasteiger partial charge on any atom is 0.414 e. The van der Waals surface area contributed by atoms with Crippen LogP contribution >= 0.6 is 0 Å². The molecule has 53 heavy (non-hydrogen) atoms. The highest BCUT2D eigenvalue weighted by atomic mass is 19.1. The predicted octanol–water partition coefficient (Wildman–Crippen LogP) is 6.66. The number of piperazine rings is 1. The first-order valence-corrected chi connectivity index (χ1v) is 17.4. The molecule has 5 aromatic rings. The Morgan fingerprint density at radius 2 is 1.64 bits per heavy atom. The molecule has 0 bridgehead atoms. The Bertz CT molecular complexity index is 2210. The molecule has 272 valence electrons. The predicted molar refractivity (Wildman–Crippen MR) is 191 cm³/mol. The normalized spacial score (nSPS) is 18.8. The summed E-state index contributed by atoms with van der Waals surface area (Å²) in [4.78, 5) is 18.4. The molecule has 5 heterocycles. The van der Waals surface area contributed by atoms with Crippen LogP contribution in [-0.2, 0) is 17.8 Å². The van der Waals surface area contributed by atoms with Crippen LogP contribution in [0, 0.1) is 30.2 Å². The van der Waals surface area contributed by atoms with Gasteiger partial charge in [0.15, 0.2) is 0 Å². The number of dihydropyridines is 1. The third-order valence-corrected chi connectivity index (χ3v) is 9.92. The molecule has 0 radical (unpaired) electrons. The number of halogens is 4. The SMILES string of the molecule is Cc1c(CN2CCN(c3ccc(N4C[C@H](Cn5cc(C6C=CC=CN6)nn5)OC4=O)cc3F)CC2)cc(-c2cc(F)ccc2F)n1-c1ccc(F)cc1. The molecule has 14 heteroatoms. The van der Waals surface area contributed by atoms with E-state index < -0.39 is 35.5 Å². The van der Waals surface area contributed by atoms with Crippen LogP contribution in [0.2, 0.25) is 0 Å². The Morgan fingerprint density at radius 3 is 2.40 bits per heavy atom. The average molecular weight is 725 g/mol. The molecule has 2 atom stereocenters. The monoisotopic (exact) mass is 724 g/mol. The molecule has 3 aromatic carbocycles. The summed E-state index contributed by atoms with van der Waals surface area (Å²) in [7, 11) is 0. The van der Waals surface area contributed by atoms with Gasteiger partial charge in [-0.3, -0.25) is 9.80 Å². The van der Waals surface area contributed by atoms with Gasteiger partial charge in [-0.2, -0.15) is 0 Å². The van der Waals surface area contributed by atoms with Crippen molar-refractivity contribution in [3.63, 3.8) is 0 Å². The Hall–Kier alpha value is -5.89. The number of nitrogens with zero attached hydrogens (tertiary/aromatic N) is 7. The topological polar surface area (TPSA) is 83.7 Å². The van der Waals surface area contributed by atoms with Crippen molar-refractivity contribution in [2.45, 2.75) is 32.2 Å². The number of ether oxygens (including phenoxy) is 1. The van der Waals surface area contributed by atoms with E-state index in [9.17, 15) is 13.6 Å². The summed E-state index contributed by atoms with van der Waals surface area (Å²) in [5, 5.41) is 11.6. The van der Waals surface area contributed by atoms with Gasteiger partial charge in [-0.15, -0.1) is 5.10 Å². The first-order chi connectivity index (χ1) is 25.7. The number of rotatable bonds is 9. The number of carbonyl (C=O) groups excluding carboxylic acids is 1. The van der Waals surface area contributed by atoms with E-state index in [1.807, 2.05) is 53.1 Å². The number of allylic oxidation sites excluding steroid dienone is 2. The summed E-state index contributed by atoms with van der Waals surface area (Å²) in [5.41, 5.74) is 4.52. The molecule has 10 nitrogen and oxygen atoms in total. The third kappa shape index (κ3) is 7.01. The number of amides is 1. The van der Waals surface area contributed by atoms with Crippen molar-refractivity contribution >= 4 is 17.5 Å². The molecule has 8 rings (SSSR count). The van der Waals surface area contributed by atoms with E-state index in [0.717, 1.165) is 35.2 Å². The molecule has 1 N–H and O–H groups in total. The minimum Gasteiger partial charge on any atom is -0.442 e. The van der Waals surface area contributed by atoms with Gasteiger partial charge in [-0.05, 0) is 91.5 Å². The highest BCUT2D eigenvalue weighted by Gasteiger charge is 2.34. The molecule has 2 fully saturated rings. The minimum atomic E-state index is -0.564. The fourth-order valence-electron chi connectivity index (χ4n) is 7.15. The van der Waals surface area contributed by atoms with Crippen molar-refractivity contribution in [3.05, 3.63) is 138 Å². The first kappa shape index (κ1) is 34.2. The number of nitrogens with one attached hydrogen (secondary N) is 1. The van der Waals surface area contributed by atoms with Gasteiger partial charge < -0.3 is 19.5 Å². The number of carbonyl (C=O) groups is 1. The standard InChI is InChI=1S/C39H36F4N8O2/c1-25-26(18-38(32-19-28(41)7-11-33(32)42)51(25)29-8-5-27(40)6-9-29)21-47-14-16-48(17-15-47)37-12-10-30(20-34(37)43)50-23-31(53-39(50)52)22-49-24-36(45-46-49)35-4-2-3-13-44-35/h2-13,18-20,24,31,35,44H,14-17,21-23H2,1H3/t31-,35?/m0/s1. The van der Waals surface area contributed by atoms with E-state index in [0.29, 0.717) is 62.0 Å². The van der Waals surface area contributed by atoms with E-state index >= 15 is 8.78 Å².